The Morgan fingerprint density at radius 2 is 1.29 bits per heavy atom. The average Bonchev–Trinajstić information content (AvgIpc) is 2.87. The first kappa shape index (κ1) is 21.0. The molecule has 0 bridgehead atoms. The van der Waals surface area contributed by atoms with E-state index in [1.54, 1.807) is 0 Å². The minimum absolute atomic E-state index is 0.511. The van der Waals surface area contributed by atoms with Crippen LogP contribution in [-0.4, -0.2) is 30.8 Å². The zero-order chi connectivity index (χ0) is 21.6. The molecule has 1 saturated heterocycles. The lowest BCUT2D eigenvalue weighted by Crippen LogP contribution is -2.45. The van der Waals surface area contributed by atoms with E-state index in [1.165, 1.54) is 0 Å². The van der Waals surface area contributed by atoms with Crippen LogP contribution in [0.25, 0.3) is 0 Å². The second-order valence-electron chi connectivity index (χ2n) is 8.39. The minimum atomic E-state index is -0.687. The number of nitrogens with zero attached hydrogens (tertiary/aromatic N) is 2. The Morgan fingerprint density at radius 1 is 0.806 bits per heavy atom. The van der Waals surface area contributed by atoms with Crippen LogP contribution in [0.4, 0.5) is 0 Å². The summed E-state index contributed by atoms with van der Waals surface area (Å²) < 4.78 is 0. The average molecular weight is 408 g/mol. The Morgan fingerprint density at radius 3 is 1.74 bits per heavy atom. The van der Waals surface area contributed by atoms with Gasteiger partial charge in [-0.05, 0) is 49.0 Å². The molecule has 1 heterocycles. The van der Waals surface area contributed by atoms with Crippen LogP contribution in [0.3, 0.4) is 0 Å². The van der Waals surface area contributed by atoms with Crippen LogP contribution in [-0.2, 0) is 15.6 Å². The summed E-state index contributed by atoms with van der Waals surface area (Å²) in [6.07, 6.45) is 4.59. The number of rotatable bonds is 7. The number of nitriles is 1. The summed E-state index contributed by atoms with van der Waals surface area (Å²) in [7, 11) is 0. The third-order valence-electron chi connectivity index (χ3n) is 6.76. The standard InChI is InChI=1S/C28H27N2O/c29-22-28(25-12-6-2-7-13-25,26-14-8-3-9-15-26)18-21-30-19-16-27(23-31,17-20-30)24-10-4-1-5-11-24/h1-15H,16-21H2. The molecule has 31 heavy (non-hydrogen) atoms. The van der Waals surface area contributed by atoms with Gasteiger partial charge >= 0.3 is 0 Å². The van der Waals surface area contributed by atoms with Gasteiger partial charge in [0.05, 0.1) is 11.5 Å². The normalized spacial score (nSPS) is 16.4. The van der Waals surface area contributed by atoms with Crippen molar-refractivity contribution in [3.63, 3.8) is 0 Å². The number of hydrogen-bond donors (Lipinski definition) is 0. The molecule has 1 fully saturated rings. The molecule has 0 saturated carbocycles. The van der Waals surface area contributed by atoms with Gasteiger partial charge in [-0.1, -0.05) is 91.0 Å². The summed E-state index contributed by atoms with van der Waals surface area (Å²) in [5.41, 5.74) is 1.92. The first-order chi connectivity index (χ1) is 15.2. The summed E-state index contributed by atoms with van der Waals surface area (Å²) in [6.45, 7) is 2.46. The number of piperidine rings is 1. The van der Waals surface area contributed by atoms with Crippen molar-refractivity contribution in [1.29, 1.82) is 5.26 Å². The fourth-order valence-corrected chi connectivity index (χ4v) is 4.78. The van der Waals surface area contributed by atoms with Crippen molar-refractivity contribution in [3.05, 3.63) is 108 Å². The molecule has 0 aromatic heterocycles. The van der Waals surface area contributed by atoms with Gasteiger partial charge in [0.1, 0.15) is 5.41 Å². The highest BCUT2D eigenvalue weighted by Crippen LogP contribution is 2.37. The lowest BCUT2D eigenvalue weighted by atomic mass is 9.72. The van der Waals surface area contributed by atoms with Crippen LogP contribution in [0.5, 0.6) is 0 Å². The Labute approximate surface area is 185 Å². The first-order valence-corrected chi connectivity index (χ1v) is 10.9. The number of carbonyl (C=O) groups excluding carboxylic acids is 1. The SMILES string of the molecule is N#CC(CCN1CCC([C]=O)(c2ccccc2)CC1)(c1ccccc1)c1ccccc1. The predicted molar refractivity (Wildman–Crippen MR) is 123 cm³/mol. The molecule has 1 aliphatic rings. The molecule has 3 heteroatoms. The van der Waals surface area contributed by atoms with Gasteiger partial charge in [0, 0.05) is 6.54 Å². The number of hydrogen-bond acceptors (Lipinski definition) is 3. The van der Waals surface area contributed by atoms with Gasteiger partial charge in [-0.25, -0.2) is 0 Å². The maximum absolute atomic E-state index is 11.9. The lowest BCUT2D eigenvalue weighted by molar-refractivity contribution is 0.181. The monoisotopic (exact) mass is 407 g/mol. The molecule has 0 spiro atoms. The summed E-state index contributed by atoms with van der Waals surface area (Å²) in [6, 6.07) is 32.8. The quantitative estimate of drug-likeness (QED) is 0.552. The first-order valence-electron chi connectivity index (χ1n) is 10.9. The molecule has 0 N–H and O–H groups in total. The molecule has 155 valence electrons. The van der Waals surface area contributed by atoms with E-state index in [2.05, 4.69) is 17.3 Å². The lowest BCUT2D eigenvalue weighted by Gasteiger charge is -2.39. The molecule has 0 amide bonds. The summed E-state index contributed by atoms with van der Waals surface area (Å²) in [5.74, 6) is 0. The molecule has 4 rings (SSSR count). The van der Waals surface area contributed by atoms with E-state index in [0.717, 1.165) is 49.2 Å². The Kier molecular flexibility index (Phi) is 6.30. The van der Waals surface area contributed by atoms with Crippen LogP contribution >= 0.6 is 0 Å². The van der Waals surface area contributed by atoms with E-state index < -0.39 is 10.8 Å². The van der Waals surface area contributed by atoms with E-state index in [1.807, 2.05) is 91.0 Å². The molecule has 1 radical (unpaired) electrons. The van der Waals surface area contributed by atoms with Gasteiger partial charge in [0.15, 0.2) is 0 Å². The van der Waals surface area contributed by atoms with Crippen molar-refractivity contribution in [1.82, 2.24) is 4.90 Å². The highest BCUT2D eigenvalue weighted by atomic mass is 16.1. The van der Waals surface area contributed by atoms with Gasteiger partial charge < -0.3 is 4.90 Å². The van der Waals surface area contributed by atoms with Crippen LogP contribution < -0.4 is 0 Å². The fourth-order valence-electron chi connectivity index (χ4n) is 4.78. The minimum Gasteiger partial charge on any atom is -0.303 e. The molecule has 0 aliphatic carbocycles. The predicted octanol–water partition coefficient (Wildman–Crippen LogP) is 5.03. The van der Waals surface area contributed by atoms with Crippen molar-refractivity contribution in [2.24, 2.45) is 0 Å². The summed E-state index contributed by atoms with van der Waals surface area (Å²) in [4.78, 5) is 14.3. The van der Waals surface area contributed by atoms with Crippen molar-refractivity contribution < 1.29 is 4.79 Å². The summed E-state index contributed by atoms with van der Waals surface area (Å²) >= 11 is 0. The highest BCUT2D eigenvalue weighted by molar-refractivity contribution is 5.69. The Hall–Kier alpha value is -3.22. The van der Waals surface area contributed by atoms with E-state index in [0.29, 0.717) is 6.42 Å². The van der Waals surface area contributed by atoms with Crippen molar-refractivity contribution >= 4 is 6.29 Å². The summed E-state index contributed by atoms with van der Waals surface area (Å²) in [5, 5.41) is 10.4. The zero-order valence-corrected chi connectivity index (χ0v) is 17.7. The van der Waals surface area contributed by atoms with Gasteiger partial charge in [-0.3, -0.25) is 4.79 Å². The molecule has 0 atom stereocenters. The van der Waals surface area contributed by atoms with Crippen molar-refractivity contribution in [2.75, 3.05) is 19.6 Å². The highest BCUT2D eigenvalue weighted by Gasteiger charge is 2.39. The van der Waals surface area contributed by atoms with E-state index >= 15 is 0 Å². The Bertz CT molecular complexity index is 977. The molecular weight excluding hydrogens is 380 g/mol. The van der Waals surface area contributed by atoms with Gasteiger partial charge in [0.25, 0.3) is 0 Å². The van der Waals surface area contributed by atoms with Crippen LogP contribution in [0, 0.1) is 11.3 Å². The third kappa shape index (κ3) is 4.17. The second kappa shape index (κ2) is 9.29. The fraction of sp³-hybridized carbons (Fsp3) is 0.286. The van der Waals surface area contributed by atoms with Gasteiger partial charge in [-0.15, -0.1) is 0 Å². The Balaban J connectivity index is 1.52. The van der Waals surface area contributed by atoms with Gasteiger partial charge in [0.2, 0.25) is 6.29 Å². The van der Waals surface area contributed by atoms with Crippen LogP contribution in [0.15, 0.2) is 91.0 Å². The van der Waals surface area contributed by atoms with E-state index in [9.17, 15) is 10.1 Å². The van der Waals surface area contributed by atoms with E-state index in [-0.39, 0.29) is 0 Å². The second-order valence-corrected chi connectivity index (χ2v) is 8.39. The van der Waals surface area contributed by atoms with Crippen LogP contribution in [0.2, 0.25) is 0 Å². The van der Waals surface area contributed by atoms with Crippen LogP contribution in [0.1, 0.15) is 36.0 Å². The van der Waals surface area contributed by atoms with Gasteiger partial charge in [-0.2, -0.15) is 5.26 Å². The molecule has 0 unspecified atom stereocenters. The molecule has 3 aromatic carbocycles. The number of likely N-dealkylation sites (tertiary alicyclic amines) is 1. The van der Waals surface area contributed by atoms with Crippen molar-refractivity contribution in [2.45, 2.75) is 30.1 Å². The van der Waals surface area contributed by atoms with Crippen molar-refractivity contribution in [3.8, 4) is 6.07 Å². The zero-order valence-electron chi connectivity index (χ0n) is 17.7. The molecule has 3 aromatic rings. The molecule has 3 nitrogen and oxygen atoms in total. The maximum atomic E-state index is 11.9. The number of benzene rings is 3. The topological polar surface area (TPSA) is 44.1 Å². The smallest absolute Gasteiger partial charge is 0.209 e. The molecule has 1 aliphatic heterocycles. The van der Waals surface area contributed by atoms with E-state index in [4.69, 9.17) is 0 Å². The maximum Gasteiger partial charge on any atom is 0.209 e. The molecular formula is C28H27N2O. The third-order valence-corrected chi connectivity index (χ3v) is 6.76. The largest absolute Gasteiger partial charge is 0.303 e.